The predicted octanol–water partition coefficient (Wildman–Crippen LogP) is 7.55. The van der Waals surface area contributed by atoms with E-state index < -0.39 is 23.6 Å². The summed E-state index contributed by atoms with van der Waals surface area (Å²) in [6.07, 6.45) is 2.23. The van der Waals surface area contributed by atoms with Crippen molar-refractivity contribution in [1.82, 2.24) is 0 Å². The van der Waals surface area contributed by atoms with Crippen molar-refractivity contribution in [2.75, 3.05) is 0 Å². The zero-order valence-electron chi connectivity index (χ0n) is 22.0. The minimum Gasteiger partial charge on any atom is -0.668 e. The monoisotopic (exact) mass is 848 g/mol. The number of hydrogen-bond donors (Lipinski definition) is 0. The summed E-state index contributed by atoms with van der Waals surface area (Å²) in [7, 11) is 0. The number of carbonyl (C=O) groups is 4. The van der Waals surface area contributed by atoms with Gasteiger partial charge in [-0.05, 0) is 40.5 Å². The Morgan fingerprint density at radius 3 is 1.03 bits per heavy atom. The summed E-state index contributed by atoms with van der Waals surface area (Å²) in [4.78, 5) is 36.4. The fourth-order valence-electron chi connectivity index (χ4n) is 3.01. The molecule has 4 aromatic carbocycles. The molecule has 8 nitrogen and oxygen atoms in total. The van der Waals surface area contributed by atoms with Gasteiger partial charge in [-0.25, -0.2) is 0 Å². The van der Waals surface area contributed by atoms with Gasteiger partial charge in [0.1, 0.15) is 0 Å². The molecule has 0 aliphatic heterocycles. The van der Waals surface area contributed by atoms with Crippen molar-refractivity contribution in [2.24, 2.45) is 0 Å². The molecule has 0 saturated carbocycles. The Morgan fingerprint density at radius 2 is 0.789 bits per heavy atom. The number of nitrogens with one attached hydrogen (secondary N) is 4. The van der Waals surface area contributed by atoms with Crippen LogP contribution < -0.4 is 0 Å². The van der Waals surface area contributed by atoms with Gasteiger partial charge in [0.25, 0.3) is 0 Å². The first-order valence-corrected chi connectivity index (χ1v) is 11.0. The normalized spacial score (nSPS) is 8.63. The first-order valence-electron chi connectivity index (χ1n) is 11.0. The minimum absolute atomic E-state index is 0. The molecule has 202 valence electrons. The average molecular weight is 846 g/mol. The molecule has 0 aliphatic carbocycles. The molecule has 0 spiro atoms. The number of fused-ring (bicyclic) bond motifs is 2. The van der Waals surface area contributed by atoms with Crippen LogP contribution in [0.25, 0.3) is 44.5 Å². The Morgan fingerprint density at radius 1 is 0.553 bits per heavy atom. The first-order chi connectivity index (χ1) is 16.8. The third-order valence-corrected chi connectivity index (χ3v) is 4.06. The van der Waals surface area contributed by atoms with Crippen molar-refractivity contribution in [1.29, 1.82) is 0 Å². The number of carbonyl (C=O) groups excluding carboxylic acids is 4. The largest absolute Gasteiger partial charge is 0.668 e. The molecule has 0 saturated heterocycles. The van der Waals surface area contributed by atoms with E-state index in [1.165, 1.54) is 60.4 Å². The number of benzene rings is 2. The van der Waals surface area contributed by atoms with Crippen molar-refractivity contribution in [3.63, 3.8) is 0 Å². The van der Waals surface area contributed by atoms with Crippen LogP contribution in [0.4, 0.5) is 0 Å². The van der Waals surface area contributed by atoms with Crippen LogP contribution in [-0.2, 0) is 83.7 Å². The van der Waals surface area contributed by atoms with E-state index in [1.54, 1.807) is 0 Å². The van der Waals surface area contributed by atoms with Gasteiger partial charge in [-0.1, -0.05) is 12.1 Å². The maximum atomic E-state index is 9.11. The smallest absolute Gasteiger partial charge is 0.0456 e. The maximum Gasteiger partial charge on any atom is 0.0456 e. The van der Waals surface area contributed by atoms with Gasteiger partial charge in [0.15, 0.2) is 0 Å². The summed E-state index contributed by atoms with van der Waals surface area (Å²) in [5.41, 5.74) is 26.7. The molecule has 0 aromatic heterocycles. The zero-order chi connectivity index (χ0) is 27.7. The van der Waals surface area contributed by atoms with Crippen molar-refractivity contribution in [2.45, 2.75) is 40.5 Å². The van der Waals surface area contributed by atoms with Crippen LogP contribution in [0.5, 0.6) is 0 Å². The first kappa shape index (κ1) is 39.8. The van der Waals surface area contributed by atoms with Crippen molar-refractivity contribution >= 4 is 45.2 Å². The molecule has 0 radical (unpaired) electrons. The van der Waals surface area contributed by atoms with Gasteiger partial charge >= 0.3 is 0 Å². The summed E-state index contributed by atoms with van der Waals surface area (Å²) >= 11 is 0. The molecule has 0 atom stereocenters. The fraction of sp³-hybridized carbons (Fsp3) is 0.214. The third-order valence-electron chi connectivity index (χ3n) is 4.06. The quantitative estimate of drug-likeness (QED) is 0.154. The second-order valence-corrected chi connectivity index (χ2v) is 7.71. The molecule has 4 rings (SSSR count). The van der Waals surface area contributed by atoms with E-state index in [4.69, 9.17) is 42.1 Å². The topological polar surface area (TPSA) is 163 Å². The van der Waals surface area contributed by atoms with E-state index in [2.05, 4.69) is 72.8 Å². The predicted molar refractivity (Wildman–Crippen MR) is 147 cm³/mol. The van der Waals surface area contributed by atoms with Crippen molar-refractivity contribution in [3.05, 3.63) is 107 Å². The molecular formula is C28H32Hf2N4O4-6. The summed E-state index contributed by atoms with van der Waals surface area (Å²) in [5, 5.41) is 5.43. The molecular weight excluding hydrogens is 813 g/mol. The fourth-order valence-corrected chi connectivity index (χ4v) is 3.01. The number of hydrogen-bond acceptors (Lipinski definition) is 4. The third kappa shape index (κ3) is 21.4. The van der Waals surface area contributed by atoms with Crippen LogP contribution in [0, 0.1) is 0 Å². The molecule has 0 bridgehead atoms. The van der Waals surface area contributed by atoms with E-state index >= 15 is 0 Å². The van der Waals surface area contributed by atoms with E-state index in [1.807, 2.05) is 0 Å². The van der Waals surface area contributed by atoms with Crippen molar-refractivity contribution < 1.29 is 70.9 Å². The molecule has 4 amide bonds. The van der Waals surface area contributed by atoms with Crippen molar-refractivity contribution in [3.8, 4) is 0 Å². The molecule has 4 N–H and O–H groups in total. The molecule has 4 aromatic rings. The van der Waals surface area contributed by atoms with Crippen LogP contribution in [0.2, 0.25) is 0 Å². The maximum absolute atomic E-state index is 9.11. The van der Waals surface area contributed by atoms with Crippen LogP contribution in [0.3, 0.4) is 0 Å². The second kappa shape index (κ2) is 22.3. The Balaban J connectivity index is -0.000000571. The van der Waals surface area contributed by atoms with Gasteiger partial charge in [0.2, 0.25) is 0 Å². The van der Waals surface area contributed by atoms with Gasteiger partial charge in [-0.2, -0.15) is 12.1 Å². The molecule has 0 aliphatic rings. The van der Waals surface area contributed by atoms with Gasteiger partial charge in [-0.3, -0.25) is 0 Å². The summed E-state index contributed by atoms with van der Waals surface area (Å²) < 4.78 is 0. The van der Waals surface area contributed by atoms with E-state index in [0.717, 1.165) is 12.8 Å². The van der Waals surface area contributed by atoms with Crippen LogP contribution in [0.15, 0.2) is 72.8 Å². The number of aryl methyl sites for hydroxylation is 2. The average Bonchev–Trinajstić information content (AvgIpc) is 3.34. The molecule has 0 unspecified atom stereocenters. The minimum atomic E-state index is -0.583. The molecule has 0 heterocycles. The Kier molecular flexibility index (Phi) is 23.3. The summed E-state index contributed by atoms with van der Waals surface area (Å²) in [6, 6.07) is 26.5. The Labute approximate surface area is 261 Å². The molecule has 0 fully saturated rings. The number of amides is 4. The Bertz CT molecular complexity index is 1060. The van der Waals surface area contributed by atoms with Gasteiger partial charge in [-0.15, -0.1) is 81.2 Å². The van der Waals surface area contributed by atoms with E-state index in [9.17, 15) is 0 Å². The second-order valence-electron chi connectivity index (χ2n) is 7.71. The SMILES string of the molecule is CC([NH-])=O.CC([NH-])=O.CC([NH-])=O.CC([NH-])=O.[Hf].[Hf].c1ccc2[cH-]c(CCc3cc4ccccc4[cH-]3)cc2c1. The summed E-state index contributed by atoms with van der Waals surface area (Å²) in [6.45, 7) is 4.78. The summed E-state index contributed by atoms with van der Waals surface area (Å²) in [5.74, 6) is -2.33. The van der Waals surface area contributed by atoms with Gasteiger partial charge in [0, 0.05) is 75.3 Å². The van der Waals surface area contributed by atoms with Gasteiger partial charge < -0.3 is 42.1 Å². The van der Waals surface area contributed by atoms with E-state index in [-0.39, 0.29) is 51.7 Å². The molecule has 38 heavy (non-hydrogen) atoms. The zero-order valence-corrected chi connectivity index (χ0v) is 29.2. The Hall–Kier alpha value is -2.72. The van der Waals surface area contributed by atoms with E-state index in [0.29, 0.717) is 0 Å². The molecule has 10 heteroatoms. The van der Waals surface area contributed by atoms with Gasteiger partial charge in [0.05, 0.1) is 0 Å². The van der Waals surface area contributed by atoms with Crippen LogP contribution in [-0.4, -0.2) is 23.6 Å². The number of rotatable bonds is 3. The standard InChI is InChI=1S/C20H16.4C2H5NO.2Hf/c1-2-6-18-12-15(11-17(18)5-1)9-10-16-13-19-7-3-4-8-20(19)14-16;4*1-2(3)4;;/h1-8,11-14H,9-10H2;4*1H3,(H2,3,4);;/q-2;;;;;;/p-4. The van der Waals surface area contributed by atoms with Crippen LogP contribution in [0.1, 0.15) is 38.8 Å². The van der Waals surface area contributed by atoms with Crippen LogP contribution >= 0.6 is 0 Å².